The molecule has 0 aromatic rings. The summed E-state index contributed by atoms with van der Waals surface area (Å²) < 4.78 is 5.49. The molecule has 0 radical (unpaired) electrons. The maximum atomic E-state index is 12.3. The van der Waals surface area contributed by atoms with Crippen molar-refractivity contribution in [3.8, 4) is 0 Å². The molecule has 2 atom stereocenters. The van der Waals surface area contributed by atoms with Crippen molar-refractivity contribution in [1.82, 2.24) is 4.90 Å². The van der Waals surface area contributed by atoms with E-state index in [0.29, 0.717) is 12.3 Å². The van der Waals surface area contributed by atoms with Crippen molar-refractivity contribution in [2.24, 2.45) is 11.3 Å². The van der Waals surface area contributed by atoms with Gasteiger partial charge < -0.3 is 9.64 Å². The van der Waals surface area contributed by atoms with Crippen molar-refractivity contribution in [2.45, 2.75) is 65.5 Å². The summed E-state index contributed by atoms with van der Waals surface area (Å²) >= 11 is 0. The molecule has 0 spiro atoms. The number of hydrogen-bond acceptors (Lipinski definition) is 3. The van der Waals surface area contributed by atoms with E-state index in [0.717, 1.165) is 19.3 Å². The van der Waals surface area contributed by atoms with Crippen molar-refractivity contribution < 1.29 is 14.3 Å². The quantitative estimate of drug-likeness (QED) is 0.678. The topological polar surface area (TPSA) is 46.6 Å². The first-order valence-corrected chi connectivity index (χ1v) is 7.18. The predicted molar refractivity (Wildman–Crippen MR) is 72.9 cm³/mol. The van der Waals surface area contributed by atoms with Gasteiger partial charge in [-0.05, 0) is 33.6 Å². The molecule has 2 fully saturated rings. The summed E-state index contributed by atoms with van der Waals surface area (Å²) in [5, 5.41) is 0. The molecular formula is C15H25NO3. The van der Waals surface area contributed by atoms with Gasteiger partial charge in [-0.1, -0.05) is 20.3 Å². The molecule has 1 saturated carbocycles. The minimum absolute atomic E-state index is 0.0114. The van der Waals surface area contributed by atoms with Crippen LogP contribution in [0.25, 0.3) is 0 Å². The molecule has 4 nitrogen and oxygen atoms in total. The van der Waals surface area contributed by atoms with Gasteiger partial charge in [0.05, 0.1) is 6.04 Å². The monoisotopic (exact) mass is 267 g/mol. The van der Waals surface area contributed by atoms with Gasteiger partial charge in [-0.3, -0.25) is 4.79 Å². The molecule has 19 heavy (non-hydrogen) atoms. The minimum atomic E-state index is -0.489. The molecule has 1 aliphatic heterocycles. The first kappa shape index (κ1) is 14.4. The number of nitrogens with zero attached hydrogens (tertiary/aromatic N) is 1. The summed E-state index contributed by atoms with van der Waals surface area (Å²) in [6.07, 6.45) is 2.61. The molecule has 0 bridgehead atoms. The second kappa shape index (κ2) is 4.50. The molecule has 1 amide bonds. The zero-order valence-corrected chi connectivity index (χ0v) is 12.7. The fourth-order valence-corrected chi connectivity index (χ4v) is 3.38. The van der Waals surface area contributed by atoms with Gasteiger partial charge in [-0.2, -0.15) is 0 Å². The van der Waals surface area contributed by atoms with Gasteiger partial charge in [0, 0.05) is 17.9 Å². The number of amides is 1. The highest BCUT2D eigenvalue weighted by atomic mass is 16.6. The third-order valence-corrected chi connectivity index (χ3v) is 4.22. The summed E-state index contributed by atoms with van der Waals surface area (Å²) in [4.78, 5) is 26.3. The molecule has 1 aliphatic carbocycles. The summed E-state index contributed by atoms with van der Waals surface area (Å²) in [5.41, 5.74) is -0.914. The zero-order chi connectivity index (χ0) is 14.4. The molecule has 1 saturated heterocycles. The van der Waals surface area contributed by atoms with E-state index in [2.05, 4.69) is 0 Å². The third kappa shape index (κ3) is 2.49. The molecule has 108 valence electrons. The van der Waals surface area contributed by atoms with Gasteiger partial charge in [-0.15, -0.1) is 0 Å². The van der Waals surface area contributed by atoms with E-state index in [1.54, 1.807) is 4.90 Å². The Hall–Kier alpha value is -1.06. The van der Waals surface area contributed by atoms with Crippen LogP contribution in [-0.2, 0) is 9.53 Å². The smallest absolute Gasteiger partial charge is 0.410 e. The molecule has 0 aromatic carbocycles. The molecule has 4 heteroatoms. The van der Waals surface area contributed by atoms with Gasteiger partial charge in [-0.25, -0.2) is 4.79 Å². The fraction of sp³-hybridized carbons (Fsp3) is 0.867. The highest BCUT2D eigenvalue weighted by Crippen LogP contribution is 2.48. The fourth-order valence-electron chi connectivity index (χ4n) is 3.38. The van der Waals surface area contributed by atoms with Crippen LogP contribution in [0.5, 0.6) is 0 Å². The minimum Gasteiger partial charge on any atom is -0.444 e. The van der Waals surface area contributed by atoms with Gasteiger partial charge >= 0.3 is 6.09 Å². The average Bonchev–Trinajstić information content (AvgIpc) is 2.47. The third-order valence-electron chi connectivity index (χ3n) is 4.22. The van der Waals surface area contributed by atoms with Gasteiger partial charge in [0.2, 0.25) is 0 Å². The number of rotatable bonds is 0. The van der Waals surface area contributed by atoms with E-state index in [9.17, 15) is 9.59 Å². The highest BCUT2D eigenvalue weighted by molar-refractivity contribution is 5.95. The number of ether oxygens (including phenoxy) is 1. The maximum Gasteiger partial charge on any atom is 0.410 e. The van der Waals surface area contributed by atoms with Crippen LogP contribution in [0.4, 0.5) is 4.79 Å². The Labute approximate surface area is 115 Å². The first-order chi connectivity index (χ1) is 8.64. The Balaban J connectivity index is 2.19. The lowest BCUT2D eigenvalue weighted by molar-refractivity contribution is -0.155. The second-order valence-electron chi connectivity index (χ2n) is 7.31. The highest BCUT2D eigenvalue weighted by Gasteiger charge is 2.59. The number of carbonyl (C=O) groups is 2. The van der Waals surface area contributed by atoms with E-state index in [4.69, 9.17) is 4.74 Å². The van der Waals surface area contributed by atoms with Crippen LogP contribution in [0.3, 0.4) is 0 Å². The molecule has 2 rings (SSSR count). The maximum absolute atomic E-state index is 12.3. The van der Waals surface area contributed by atoms with E-state index < -0.39 is 11.0 Å². The van der Waals surface area contributed by atoms with Crippen LogP contribution in [-0.4, -0.2) is 35.0 Å². The zero-order valence-electron chi connectivity index (χ0n) is 12.7. The Morgan fingerprint density at radius 1 is 1.32 bits per heavy atom. The van der Waals surface area contributed by atoms with E-state index in [-0.39, 0.29) is 18.1 Å². The molecule has 2 unspecified atom stereocenters. The number of hydrogen-bond donors (Lipinski definition) is 0. The molecular weight excluding hydrogens is 242 g/mol. The predicted octanol–water partition coefficient (Wildman–Crippen LogP) is 3.00. The molecule has 2 aliphatic rings. The Bertz CT molecular complexity index is 395. The van der Waals surface area contributed by atoms with Gasteiger partial charge in [0.25, 0.3) is 0 Å². The summed E-state index contributed by atoms with van der Waals surface area (Å²) in [6, 6.07) is 0.0114. The van der Waals surface area contributed by atoms with Crippen molar-refractivity contribution in [3.63, 3.8) is 0 Å². The number of ketones is 1. The van der Waals surface area contributed by atoms with E-state index >= 15 is 0 Å². The number of likely N-dealkylation sites (tertiary alicyclic amines) is 1. The lowest BCUT2D eigenvalue weighted by Crippen LogP contribution is -2.66. The summed E-state index contributed by atoms with van der Waals surface area (Å²) in [5.74, 6) is 0.318. The first-order valence-electron chi connectivity index (χ1n) is 7.18. The Kier molecular flexibility index (Phi) is 3.40. The normalized spacial score (nSPS) is 30.2. The molecule has 0 N–H and O–H groups in total. The lowest BCUT2D eigenvalue weighted by atomic mass is 9.57. The van der Waals surface area contributed by atoms with Gasteiger partial charge in [0.1, 0.15) is 11.4 Å². The van der Waals surface area contributed by atoms with Crippen LogP contribution in [0.2, 0.25) is 0 Å². The largest absolute Gasteiger partial charge is 0.444 e. The van der Waals surface area contributed by atoms with E-state index in [1.807, 2.05) is 34.6 Å². The van der Waals surface area contributed by atoms with E-state index in [1.165, 1.54) is 0 Å². The van der Waals surface area contributed by atoms with Crippen LogP contribution < -0.4 is 0 Å². The summed E-state index contributed by atoms with van der Waals surface area (Å²) in [7, 11) is 0. The van der Waals surface area contributed by atoms with Crippen LogP contribution in [0, 0.1) is 11.3 Å². The lowest BCUT2D eigenvalue weighted by Gasteiger charge is -2.53. The average molecular weight is 267 g/mol. The number of Topliss-reactive ketones (excluding diaryl/α,β-unsaturated/α-hetero) is 1. The Morgan fingerprint density at radius 3 is 2.53 bits per heavy atom. The van der Waals surface area contributed by atoms with Crippen molar-refractivity contribution in [1.29, 1.82) is 0 Å². The van der Waals surface area contributed by atoms with Crippen molar-refractivity contribution in [2.75, 3.05) is 6.54 Å². The standard InChI is InChI=1S/C15H25NO3/c1-14(2,3)19-13(18)16-9-7-6-8-10-11(16)15(4,5)12(10)17/h10-11H,6-9H2,1-5H3. The molecule has 1 heterocycles. The number of fused-ring (bicyclic) bond motifs is 1. The van der Waals surface area contributed by atoms with Gasteiger partial charge in [0.15, 0.2) is 0 Å². The van der Waals surface area contributed by atoms with Crippen molar-refractivity contribution in [3.05, 3.63) is 0 Å². The Morgan fingerprint density at radius 2 is 1.95 bits per heavy atom. The second-order valence-corrected chi connectivity index (χ2v) is 7.31. The number of carbonyl (C=O) groups excluding carboxylic acids is 2. The van der Waals surface area contributed by atoms with Crippen LogP contribution in [0.15, 0.2) is 0 Å². The SMILES string of the molecule is CC(C)(C)OC(=O)N1CCCCC2C(=O)C(C)(C)C21. The van der Waals surface area contributed by atoms with Crippen LogP contribution >= 0.6 is 0 Å². The summed E-state index contributed by atoms with van der Waals surface area (Å²) in [6.45, 7) is 10.2. The van der Waals surface area contributed by atoms with Crippen molar-refractivity contribution >= 4 is 11.9 Å². The molecule has 0 aromatic heterocycles. The van der Waals surface area contributed by atoms with Crippen LogP contribution in [0.1, 0.15) is 53.9 Å².